The lowest BCUT2D eigenvalue weighted by Crippen LogP contribution is -2.53. The third kappa shape index (κ3) is 6.86. The van der Waals surface area contributed by atoms with Gasteiger partial charge in [0.2, 0.25) is 5.91 Å². The number of hydrogen-bond donors (Lipinski definition) is 1. The van der Waals surface area contributed by atoms with Gasteiger partial charge in [0.25, 0.3) is 5.56 Å². The molecule has 0 bridgehead atoms. The monoisotopic (exact) mass is 716 g/mol. The second-order valence-electron chi connectivity index (χ2n) is 13.8. The average Bonchev–Trinajstić information content (AvgIpc) is 3.85. The zero-order valence-electron chi connectivity index (χ0n) is 28.9. The Morgan fingerprint density at radius 1 is 1.00 bits per heavy atom. The first kappa shape index (κ1) is 33.9. The van der Waals surface area contributed by atoms with Crippen LogP contribution >= 0.6 is 11.3 Å². The Balaban J connectivity index is 0.930. The molecule has 8 rings (SSSR count). The van der Waals surface area contributed by atoms with Crippen molar-refractivity contribution in [3.63, 3.8) is 0 Å². The number of carbonyl (C=O) groups excluding carboxylic acids is 1. The maximum Gasteiger partial charge on any atom is 0.262 e. The number of carbonyl (C=O) groups is 1. The molecule has 2 fully saturated rings. The molecule has 6 aromatic rings. The smallest absolute Gasteiger partial charge is 0.262 e. The van der Waals surface area contributed by atoms with Crippen molar-refractivity contribution in [3.8, 4) is 22.0 Å². The molecule has 2 aliphatic rings. The Kier molecular flexibility index (Phi) is 9.39. The van der Waals surface area contributed by atoms with E-state index in [1.807, 2.05) is 64.3 Å². The van der Waals surface area contributed by atoms with Gasteiger partial charge in [-0.2, -0.15) is 0 Å². The molecule has 2 atom stereocenters. The number of amides is 1. The molecule has 0 unspecified atom stereocenters. The van der Waals surface area contributed by atoms with E-state index in [1.165, 1.54) is 17.2 Å². The van der Waals surface area contributed by atoms with E-state index in [-0.39, 0.29) is 29.8 Å². The van der Waals surface area contributed by atoms with Crippen molar-refractivity contribution >= 4 is 28.3 Å². The summed E-state index contributed by atoms with van der Waals surface area (Å²) in [4.78, 5) is 50.8. The molecule has 13 heteroatoms. The molecular weight excluding hydrogens is 677 g/mol. The van der Waals surface area contributed by atoms with E-state index in [2.05, 4.69) is 37.0 Å². The third-order valence-corrected chi connectivity index (χ3v) is 11.5. The summed E-state index contributed by atoms with van der Waals surface area (Å²) in [6.07, 6.45) is 11.8. The lowest BCUT2D eigenvalue weighted by molar-refractivity contribution is -0.142. The van der Waals surface area contributed by atoms with Crippen molar-refractivity contribution in [3.05, 3.63) is 119 Å². The van der Waals surface area contributed by atoms with Crippen LogP contribution in [0.15, 0.2) is 103 Å². The van der Waals surface area contributed by atoms with Crippen LogP contribution in [0.2, 0.25) is 0 Å². The molecule has 0 saturated carbocycles. The normalized spacial score (nSPS) is 19.2. The first-order valence-corrected chi connectivity index (χ1v) is 18.4. The molecule has 4 aromatic heterocycles. The molecule has 2 saturated heterocycles. The Morgan fingerprint density at radius 3 is 2.60 bits per heavy atom. The molecule has 0 spiro atoms. The minimum absolute atomic E-state index is 0.0406. The molecule has 0 radical (unpaired) electrons. The van der Waals surface area contributed by atoms with Crippen LogP contribution in [0.5, 0.6) is 5.75 Å². The van der Waals surface area contributed by atoms with Gasteiger partial charge in [0.1, 0.15) is 23.4 Å². The highest BCUT2D eigenvalue weighted by molar-refractivity contribution is 7.15. The SMILES string of the molecule is COc1cccc(-n2ccc3c(=O)n(CC4(O)CCN(C(=O)[C@@H]5CCN(Cc6cnc(-c7cncnc7)s6)C[C@H]5c5ccccc5)CC4)cnc32)c1. The zero-order valence-corrected chi connectivity index (χ0v) is 29.7. The number of rotatable bonds is 9. The summed E-state index contributed by atoms with van der Waals surface area (Å²) in [6, 6.07) is 19.7. The largest absolute Gasteiger partial charge is 0.497 e. The van der Waals surface area contributed by atoms with Crippen LogP contribution in [0, 0.1) is 5.92 Å². The van der Waals surface area contributed by atoms with Crippen molar-refractivity contribution in [1.29, 1.82) is 0 Å². The van der Waals surface area contributed by atoms with Crippen LogP contribution in [0.25, 0.3) is 27.3 Å². The maximum atomic E-state index is 14.2. The number of aliphatic hydroxyl groups is 1. The Morgan fingerprint density at radius 2 is 1.81 bits per heavy atom. The molecule has 2 aliphatic heterocycles. The van der Waals surface area contributed by atoms with Crippen molar-refractivity contribution in [2.45, 2.75) is 43.9 Å². The van der Waals surface area contributed by atoms with Crippen molar-refractivity contribution < 1.29 is 14.6 Å². The Hall–Kier alpha value is -5.24. The molecule has 266 valence electrons. The highest BCUT2D eigenvalue weighted by atomic mass is 32.1. The lowest BCUT2D eigenvalue weighted by atomic mass is 9.79. The first-order chi connectivity index (χ1) is 25.4. The molecule has 12 nitrogen and oxygen atoms in total. The quantitative estimate of drug-likeness (QED) is 0.225. The number of thiazole rings is 1. The number of piperidine rings is 2. The number of aromatic nitrogens is 6. The third-order valence-electron chi connectivity index (χ3n) is 10.5. The topological polar surface area (TPSA) is 132 Å². The Labute approximate surface area is 305 Å². The maximum absolute atomic E-state index is 14.2. The number of fused-ring (bicyclic) bond motifs is 1. The predicted molar refractivity (Wildman–Crippen MR) is 198 cm³/mol. The van der Waals surface area contributed by atoms with Gasteiger partial charge >= 0.3 is 0 Å². The van der Waals surface area contributed by atoms with Gasteiger partial charge < -0.3 is 19.3 Å². The van der Waals surface area contributed by atoms with Crippen LogP contribution in [0.3, 0.4) is 0 Å². The number of hydrogen-bond acceptors (Lipinski definition) is 10. The van der Waals surface area contributed by atoms with Crippen LogP contribution in [0.1, 0.15) is 35.6 Å². The summed E-state index contributed by atoms with van der Waals surface area (Å²) in [5, 5.41) is 13.1. The fourth-order valence-electron chi connectivity index (χ4n) is 7.63. The highest BCUT2D eigenvalue weighted by Crippen LogP contribution is 2.37. The molecule has 52 heavy (non-hydrogen) atoms. The fraction of sp³-hybridized carbons (Fsp3) is 0.333. The number of likely N-dealkylation sites (tertiary alicyclic amines) is 2. The van der Waals surface area contributed by atoms with Crippen LogP contribution in [-0.2, 0) is 17.9 Å². The van der Waals surface area contributed by atoms with Crippen molar-refractivity contribution in [2.24, 2.45) is 5.92 Å². The summed E-state index contributed by atoms with van der Waals surface area (Å²) in [5.74, 6) is 0.728. The van der Waals surface area contributed by atoms with Gasteiger partial charge in [0.15, 0.2) is 5.65 Å². The summed E-state index contributed by atoms with van der Waals surface area (Å²) in [7, 11) is 1.61. The van der Waals surface area contributed by atoms with E-state index < -0.39 is 5.60 Å². The van der Waals surface area contributed by atoms with Crippen molar-refractivity contribution in [1.82, 2.24) is 38.9 Å². The van der Waals surface area contributed by atoms with E-state index in [9.17, 15) is 14.7 Å². The van der Waals surface area contributed by atoms with Gasteiger partial charge in [0, 0.05) is 79.3 Å². The number of benzene rings is 2. The second kappa shape index (κ2) is 14.4. The van der Waals surface area contributed by atoms with E-state index in [1.54, 1.807) is 36.9 Å². The summed E-state index contributed by atoms with van der Waals surface area (Å²) >= 11 is 1.65. The zero-order chi connectivity index (χ0) is 35.7. The lowest BCUT2D eigenvalue weighted by Gasteiger charge is -2.43. The van der Waals surface area contributed by atoms with Gasteiger partial charge in [-0.1, -0.05) is 36.4 Å². The van der Waals surface area contributed by atoms with Gasteiger partial charge in [-0.05, 0) is 49.6 Å². The molecule has 2 aromatic carbocycles. The van der Waals surface area contributed by atoms with Gasteiger partial charge in [-0.25, -0.2) is 19.9 Å². The van der Waals surface area contributed by atoms with E-state index in [0.29, 0.717) is 42.7 Å². The van der Waals surface area contributed by atoms with E-state index in [0.717, 1.165) is 52.8 Å². The molecule has 1 N–H and O–H groups in total. The predicted octanol–water partition coefficient (Wildman–Crippen LogP) is 4.77. The van der Waals surface area contributed by atoms with Crippen molar-refractivity contribution in [2.75, 3.05) is 33.3 Å². The summed E-state index contributed by atoms with van der Waals surface area (Å²) < 4.78 is 8.71. The number of nitrogens with zero attached hydrogens (tertiary/aromatic N) is 8. The summed E-state index contributed by atoms with van der Waals surface area (Å²) in [6.45, 7) is 3.30. The van der Waals surface area contributed by atoms with Crippen LogP contribution in [0.4, 0.5) is 0 Å². The van der Waals surface area contributed by atoms with Gasteiger partial charge in [0.05, 0.1) is 30.3 Å². The molecule has 1 amide bonds. The standard InChI is InChI=1S/C39H40N8O4S/c1-51-30-9-5-8-29(18-30)47-15-11-33-35(47)43-26-46(38(33)49)24-39(50)12-16-45(17-13-39)37(48)32-10-14-44(23-34(32)27-6-3-2-4-7-27)22-31-21-42-36(52-31)28-19-40-25-41-20-28/h2-9,11,15,18-21,25-26,32,34,50H,10,12-14,16-17,22-24H2,1H3/t32-,34+/m1/s1. The number of methoxy groups -OCH3 is 1. The fourth-order valence-corrected chi connectivity index (χ4v) is 8.56. The minimum Gasteiger partial charge on any atom is -0.497 e. The molecule has 6 heterocycles. The average molecular weight is 717 g/mol. The van der Waals surface area contributed by atoms with Crippen LogP contribution in [-0.4, -0.2) is 88.8 Å². The van der Waals surface area contributed by atoms with Crippen LogP contribution < -0.4 is 10.3 Å². The Bertz CT molecular complexity index is 2230. The van der Waals surface area contributed by atoms with Gasteiger partial charge in [-0.3, -0.25) is 19.1 Å². The van der Waals surface area contributed by atoms with E-state index >= 15 is 0 Å². The number of ether oxygens (including phenoxy) is 1. The molecule has 0 aliphatic carbocycles. The molecular formula is C39H40N8O4S. The minimum atomic E-state index is -1.13. The van der Waals surface area contributed by atoms with E-state index in [4.69, 9.17) is 4.74 Å². The second-order valence-corrected chi connectivity index (χ2v) is 14.9. The summed E-state index contributed by atoms with van der Waals surface area (Å²) in [5.41, 5.74) is 2.10. The first-order valence-electron chi connectivity index (χ1n) is 17.6. The highest BCUT2D eigenvalue weighted by Gasteiger charge is 2.41. The van der Waals surface area contributed by atoms with Gasteiger partial charge in [-0.15, -0.1) is 11.3 Å².